The van der Waals surface area contributed by atoms with Crippen molar-refractivity contribution in [2.24, 2.45) is 50.2 Å². The van der Waals surface area contributed by atoms with Crippen molar-refractivity contribution in [2.45, 2.75) is 230 Å². The molecule has 21 nitrogen and oxygen atoms in total. The number of fused-ring (bicyclic) bond motifs is 5. The van der Waals surface area contributed by atoms with Crippen LogP contribution in [0.3, 0.4) is 0 Å². The lowest BCUT2D eigenvalue weighted by Gasteiger charge is -2.81. The van der Waals surface area contributed by atoms with E-state index < -0.39 is 145 Å². The highest BCUT2D eigenvalue weighted by molar-refractivity contribution is 5.94. The van der Waals surface area contributed by atoms with Crippen LogP contribution in [0.1, 0.15) is 141 Å². The highest BCUT2D eigenvalue weighted by atomic mass is 16.8. The maximum atomic E-state index is 15.6. The van der Waals surface area contributed by atoms with E-state index in [2.05, 4.69) is 38.3 Å². The number of aliphatic hydroxyl groups is 9. The highest BCUT2D eigenvalue weighted by Crippen LogP contribution is 2.87. The molecule has 1 aromatic carbocycles. The molecular formula is C60H88N2O19. The summed E-state index contributed by atoms with van der Waals surface area (Å²) < 4.78 is 36.4. The number of esters is 1. The molecule has 5 saturated carbocycles. The molecule has 9 aliphatic rings. The average molecular weight is 1140 g/mol. The highest BCUT2D eigenvalue weighted by Gasteiger charge is 2.81. The van der Waals surface area contributed by atoms with Gasteiger partial charge in [-0.25, -0.2) is 0 Å². The van der Waals surface area contributed by atoms with E-state index in [1.807, 2.05) is 26.0 Å². The summed E-state index contributed by atoms with van der Waals surface area (Å²) in [6.45, 7) is 13.3. The molecule has 11 N–H and O–H groups in total. The van der Waals surface area contributed by atoms with Crippen molar-refractivity contribution in [3.8, 4) is 0 Å². The number of carbonyl (C=O) groups is 4. The molecule has 2 amide bonds. The standard InChI is InChI=1S/C60H88N2O19/c1-29-12-14-31(15-13-29)50(74)61-22-10-8-9-11-40(68)62-42-35(26-63)78-53(49(44(42)70)80-52-47(73)45(71)48(30(2)77-52)79-51-46(72)43(69)34(65)27-76-51)81-54(75)59-21-20-55(3,4)24-33(59)41-32-23-37-56(5)18-17-38(66)57(6,28-64)36(56)16-19-60(32,37)58(41,7)25-39(59)67/h12-15,28,30,33-39,42-49,51-53,63,65-67,69-73H,8-11,16-27H2,1-7H3,(H,61,74)(H,62,68)/t30-,33?,34-,35-,36-,37?,38?,39-,42?,43?,44?,45?,46?,47?,48?,49?,51+,52+,53+,56?,57?,58-,59?,60-/m1/s1. The van der Waals surface area contributed by atoms with Gasteiger partial charge < -0.3 is 89.8 Å². The maximum absolute atomic E-state index is 15.6. The lowest BCUT2D eigenvalue weighted by Crippen LogP contribution is -2.76. The van der Waals surface area contributed by atoms with E-state index in [1.54, 1.807) is 12.1 Å². The quantitative estimate of drug-likeness (QED) is 0.0486. The number of hydrogen-bond donors (Lipinski definition) is 11. The Morgan fingerprint density at radius 1 is 0.753 bits per heavy atom. The number of carbonyl (C=O) groups excluding carboxylic acids is 4. The van der Waals surface area contributed by atoms with Crippen LogP contribution >= 0.6 is 0 Å². The van der Waals surface area contributed by atoms with Crippen LogP contribution in [0.25, 0.3) is 0 Å². The number of unbranched alkanes of at least 4 members (excludes halogenated alkanes) is 2. The molecule has 10 rings (SSSR count). The summed E-state index contributed by atoms with van der Waals surface area (Å²) in [5, 5.41) is 107. The van der Waals surface area contributed by atoms with Gasteiger partial charge in [-0.3, -0.25) is 14.4 Å². The smallest absolute Gasteiger partial charge is 0.317 e. The molecule has 452 valence electrons. The van der Waals surface area contributed by atoms with Crippen LogP contribution in [0, 0.1) is 57.2 Å². The van der Waals surface area contributed by atoms with Crippen LogP contribution in [-0.4, -0.2) is 188 Å². The van der Waals surface area contributed by atoms with Crippen molar-refractivity contribution in [2.75, 3.05) is 19.8 Å². The summed E-state index contributed by atoms with van der Waals surface area (Å²) in [4.78, 5) is 54.7. The summed E-state index contributed by atoms with van der Waals surface area (Å²) in [5.41, 5.74) is 0.462. The molecular weight excluding hydrogens is 1050 g/mol. The zero-order valence-corrected chi connectivity index (χ0v) is 47.8. The lowest BCUT2D eigenvalue weighted by molar-refractivity contribution is -0.370. The van der Waals surface area contributed by atoms with Gasteiger partial charge in [0.1, 0.15) is 60.5 Å². The number of nitrogens with one attached hydrogen (secondary N) is 2. The van der Waals surface area contributed by atoms with E-state index in [0.29, 0.717) is 50.6 Å². The number of hydrogen-bond acceptors (Lipinski definition) is 19. The van der Waals surface area contributed by atoms with Crippen molar-refractivity contribution in [3.63, 3.8) is 0 Å². The van der Waals surface area contributed by atoms with Gasteiger partial charge in [0.05, 0.1) is 43.0 Å². The second kappa shape index (κ2) is 22.4. The third-order valence-corrected chi connectivity index (χ3v) is 22.0. The molecule has 0 radical (unpaired) electrons. The summed E-state index contributed by atoms with van der Waals surface area (Å²) in [7, 11) is 0. The van der Waals surface area contributed by atoms with E-state index in [1.165, 1.54) is 18.1 Å². The molecule has 14 unspecified atom stereocenters. The van der Waals surface area contributed by atoms with Gasteiger partial charge in [0.25, 0.3) is 5.91 Å². The van der Waals surface area contributed by atoms with E-state index in [-0.39, 0.29) is 53.3 Å². The third kappa shape index (κ3) is 9.86. The Labute approximate surface area is 473 Å². The van der Waals surface area contributed by atoms with Crippen LogP contribution in [0.15, 0.2) is 35.4 Å². The molecule has 1 aromatic rings. The Morgan fingerprint density at radius 2 is 1.46 bits per heavy atom. The van der Waals surface area contributed by atoms with E-state index in [9.17, 15) is 60.3 Å². The first-order chi connectivity index (χ1) is 38.2. The van der Waals surface area contributed by atoms with Crippen molar-refractivity contribution >= 4 is 24.1 Å². The fraction of sp³-hybridized carbons (Fsp3) is 0.800. The van der Waals surface area contributed by atoms with Gasteiger partial charge in [-0.15, -0.1) is 0 Å². The molecule has 0 bridgehead atoms. The third-order valence-electron chi connectivity index (χ3n) is 22.0. The Bertz CT molecular complexity index is 2550. The maximum Gasteiger partial charge on any atom is 0.317 e. The molecule has 6 aliphatic carbocycles. The van der Waals surface area contributed by atoms with Crippen LogP contribution in [-0.2, 0) is 42.8 Å². The first kappa shape index (κ1) is 60.6. The number of rotatable bonds is 16. The molecule has 3 saturated heterocycles. The van der Waals surface area contributed by atoms with Crippen LogP contribution in [0.2, 0.25) is 0 Å². The van der Waals surface area contributed by atoms with Gasteiger partial charge in [0, 0.05) is 29.4 Å². The topological polar surface area (TPSA) is 330 Å². The van der Waals surface area contributed by atoms with Crippen LogP contribution in [0.5, 0.6) is 0 Å². The number of benzene rings is 1. The normalized spacial score (nSPS) is 46.9. The van der Waals surface area contributed by atoms with Gasteiger partial charge in [-0.05, 0) is 125 Å². The Kier molecular flexibility index (Phi) is 16.8. The zero-order chi connectivity index (χ0) is 58.5. The molecule has 81 heavy (non-hydrogen) atoms. The summed E-state index contributed by atoms with van der Waals surface area (Å²) >= 11 is 0. The second-order valence-corrected chi connectivity index (χ2v) is 27.1. The number of aldehydes is 1. The number of aliphatic hydroxyl groups excluding tert-OH is 9. The fourth-order valence-electron chi connectivity index (χ4n) is 17.3. The molecule has 0 aromatic heterocycles. The monoisotopic (exact) mass is 1140 g/mol. The minimum atomic E-state index is -1.95. The molecule has 1 spiro atoms. The number of amides is 2. The van der Waals surface area contributed by atoms with Crippen molar-refractivity contribution in [1.82, 2.24) is 10.6 Å². The van der Waals surface area contributed by atoms with Crippen LogP contribution < -0.4 is 10.6 Å². The van der Waals surface area contributed by atoms with Crippen molar-refractivity contribution < 1.29 is 93.6 Å². The lowest BCUT2D eigenvalue weighted by atomic mass is 9.22. The first-order valence-corrected chi connectivity index (χ1v) is 29.6. The second-order valence-electron chi connectivity index (χ2n) is 27.1. The largest absolute Gasteiger partial charge is 0.432 e. The van der Waals surface area contributed by atoms with Gasteiger partial charge in [-0.1, -0.05) is 69.9 Å². The Morgan fingerprint density at radius 3 is 2.16 bits per heavy atom. The fourth-order valence-corrected chi connectivity index (χ4v) is 17.3. The van der Waals surface area contributed by atoms with Crippen molar-refractivity contribution in [1.29, 1.82) is 0 Å². The minimum absolute atomic E-state index is 0.0109. The zero-order valence-electron chi connectivity index (χ0n) is 47.8. The van der Waals surface area contributed by atoms with Gasteiger partial charge in [0.2, 0.25) is 12.2 Å². The molecule has 8 fully saturated rings. The minimum Gasteiger partial charge on any atom is -0.432 e. The van der Waals surface area contributed by atoms with E-state index in [4.69, 9.17) is 28.4 Å². The summed E-state index contributed by atoms with van der Waals surface area (Å²) in [6.07, 6.45) is -15.5. The number of aryl methyl sites for hydroxylation is 1. The predicted octanol–water partition coefficient (Wildman–Crippen LogP) is 1.74. The van der Waals surface area contributed by atoms with Crippen LogP contribution in [0.4, 0.5) is 0 Å². The van der Waals surface area contributed by atoms with Gasteiger partial charge >= 0.3 is 5.97 Å². The molecule has 3 aliphatic heterocycles. The number of ether oxygens (including phenoxy) is 6. The van der Waals surface area contributed by atoms with Gasteiger partial charge in [-0.2, -0.15) is 0 Å². The summed E-state index contributed by atoms with van der Waals surface area (Å²) in [6, 6.07) is 5.81. The van der Waals surface area contributed by atoms with Gasteiger partial charge in [0.15, 0.2) is 18.7 Å². The first-order valence-electron chi connectivity index (χ1n) is 29.6. The molecule has 21 heteroatoms. The van der Waals surface area contributed by atoms with E-state index in [0.717, 1.165) is 37.5 Å². The predicted molar refractivity (Wildman–Crippen MR) is 286 cm³/mol. The summed E-state index contributed by atoms with van der Waals surface area (Å²) in [5.74, 6) is -1.81. The Hall–Kier alpha value is -3.52. The van der Waals surface area contributed by atoms with Crippen molar-refractivity contribution in [3.05, 3.63) is 46.5 Å². The van der Waals surface area contributed by atoms with E-state index >= 15 is 4.79 Å². The number of allylic oxidation sites excluding steroid dienone is 2. The molecule has 24 atom stereocenters. The Balaban J connectivity index is 0.889. The SMILES string of the molecule is Cc1ccc(C(=O)NCCCCCC(=O)NC2C(O)C(O[C@@H]3O[C@H](C)C(O[C@@H]4OC[C@@H](O)C(O)C4O)C(O)C3O)[C@H](OC(=O)C34CCC(C)(C)CC3C3=C5CC6C7(C)CCC(O)C(C)(C=O)[C@@H]7CC[C@@]56[C@]3(C)C[C@H]4O)O[C@@H]2CO)cc1. The molecule has 3 heterocycles. The average Bonchev–Trinajstić information content (AvgIpc) is 1.21.